The molecule has 1 aliphatic rings. The molecule has 0 N–H and O–H groups in total. The van der Waals surface area contributed by atoms with Crippen LogP contribution in [0.5, 0.6) is 11.5 Å². The molecule has 0 bridgehead atoms. The highest BCUT2D eigenvalue weighted by Crippen LogP contribution is 2.26. The largest absolute Gasteiger partial charge is 0.487 e. The van der Waals surface area contributed by atoms with Crippen molar-refractivity contribution in [3.63, 3.8) is 0 Å². The third-order valence-corrected chi connectivity index (χ3v) is 3.80. The fraction of sp³-hybridized carbons (Fsp3) is 0.545. The van der Waals surface area contributed by atoms with Gasteiger partial charge in [-0.05, 0) is 25.0 Å². The molecule has 1 aromatic rings. The van der Waals surface area contributed by atoms with E-state index in [2.05, 4.69) is 12.2 Å². The quantitative estimate of drug-likeness (QED) is 0.674. The Morgan fingerprint density at radius 2 is 0.857 bits per heavy atom. The Morgan fingerprint density at radius 3 is 1.32 bits per heavy atom. The number of hydrogen-bond donors (Lipinski definition) is 0. The summed E-state index contributed by atoms with van der Waals surface area (Å²) in [6.07, 6.45) is 10.0. The van der Waals surface area contributed by atoms with E-state index in [0.717, 1.165) is 12.8 Å². The molecule has 0 saturated carbocycles. The highest BCUT2D eigenvalue weighted by Gasteiger charge is 2.04. The van der Waals surface area contributed by atoms with Crippen molar-refractivity contribution in [1.29, 1.82) is 0 Å². The van der Waals surface area contributed by atoms with E-state index >= 15 is 0 Å². The smallest absolute Gasteiger partial charge is 0.161 e. The van der Waals surface area contributed by atoms with Gasteiger partial charge >= 0.3 is 0 Å². The molecule has 1 heterocycles. The third kappa shape index (κ3) is 11.1. The van der Waals surface area contributed by atoms with Gasteiger partial charge in [0.05, 0.1) is 52.9 Å². The van der Waals surface area contributed by atoms with E-state index in [1.165, 1.54) is 0 Å². The molecule has 0 spiro atoms. The fourth-order valence-corrected chi connectivity index (χ4v) is 2.41. The van der Waals surface area contributed by atoms with Crippen LogP contribution >= 0.6 is 0 Å². The van der Waals surface area contributed by atoms with Crippen LogP contribution in [0.15, 0.2) is 48.6 Å². The molecule has 1 aliphatic heterocycles. The molecule has 2 rings (SSSR count). The van der Waals surface area contributed by atoms with Gasteiger partial charge in [0.1, 0.15) is 13.2 Å². The average molecular weight is 392 g/mol. The van der Waals surface area contributed by atoms with Crippen LogP contribution in [-0.4, -0.2) is 66.1 Å². The zero-order valence-electron chi connectivity index (χ0n) is 16.6. The van der Waals surface area contributed by atoms with E-state index in [1.54, 1.807) is 0 Å². The zero-order chi connectivity index (χ0) is 19.5. The molecule has 6 nitrogen and oxygen atoms in total. The standard InChI is InChI=1S/C22H32O6/c1-2-4-8-12-24-14-16-26-18-20-28-22-10-6-5-9-21(22)27-19-17-25-15-13-23-11-7-3-1/h1-6,9-10H,7-8,11-20H2/b3-1-,4-2+. The lowest BCUT2D eigenvalue weighted by molar-refractivity contribution is 0.0344. The summed E-state index contributed by atoms with van der Waals surface area (Å²) in [5.74, 6) is 1.42. The highest BCUT2D eigenvalue weighted by atomic mass is 16.6. The van der Waals surface area contributed by atoms with Crippen LogP contribution < -0.4 is 9.47 Å². The Hall–Kier alpha value is -1.86. The Bertz CT molecular complexity index is 509. The summed E-state index contributed by atoms with van der Waals surface area (Å²) in [5, 5.41) is 0. The summed E-state index contributed by atoms with van der Waals surface area (Å²) in [6.45, 7) is 5.60. The second-order valence-electron chi connectivity index (χ2n) is 6.03. The van der Waals surface area contributed by atoms with Gasteiger partial charge in [-0.3, -0.25) is 0 Å². The Morgan fingerprint density at radius 1 is 0.464 bits per heavy atom. The summed E-state index contributed by atoms with van der Waals surface area (Å²) in [4.78, 5) is 0. The number of ether oxygens (including phenoxy) is 6. The van der Waals surface area contributed by atoms with Crippen LogP contribution in [0, 0.1) is 0 Å². The average Bonchev–Trinajstić information content (AvgIpc) is 2.72. The van der Waals surface area contributed by atoms with Crippen LogP contribution in [0.4, 0.5) is 0 Å². The molecule has 0 fully saturated rings. The van der Waals surface area contributed by atoms with Gasteiger partial charge in [0.15, 0.2) is 11.5 Å². The first-order chi connectivity index (χ1) is 14.0. The molecule has 0 saturated heterocycles. The van der Waals surface area contributed by atoms with E-state index in [4.69, 9.17) is 28.4 Å². The second-order valence-corrected chi connectivity index (χ2v) is 6.03. The van der Waals surface area contributed by atoms with Gasteiger partial charge in [0.25, 0.3) is 0 Å². The number of rotatable bonds is 0. The molecule has 1 aromatic carbocycles. The van der Waals surface area contributed by atoms with Gasteiger partial charge in [-0.15, -0.1) is 0 Å². The lowest BCUT2D eigenvalue weighted by Crippen LogP contribution is -2.13. The number of fused-ring (bicyclic) bond motifs is 1. The lowest BCUT2D eigenvalue weighted by Gasteiger charge is -2.13. The van der Waals surface area contributed by atoms with E-state index in [-0.39, 0.29) is 0 Å². The monoisotopic (exact) mass is 392 g/mol. The maximum atomic E-state index is 5.76. The molecule has 6 heteroatoms. The third-order valence-electron chi connectivity index (χ3n) is 3.80. The van der Waals surface area contributed by atoms with E-state index < -0.39 is 0 Å². The highest BCUT2D eigenvalue weighted by molar-refractivity contribution is 5.39. The van der Waals surface area contributed by atoms with Crippen LogP contribution in [0.3, 0.4) is 0 Å². The number of para-hydroxylation sites is 2. The Kier molecular flexibility index (Phi) is 12.9. The SMILES string of the molecule is C1=C\CCOCCOCCOc2ccccc2OCCOCCOCC/C=C/1. The lowest BCUT2D eigenvalue weighted by atomic mass is 10.3. The van der Waals surface area contributed by atoms with E-state index in [0.29, 0.717) is 77.6 Å². The van der Waals surface area contributed by atoms with Crippen molar-refractivity contribution in [3.8, 4) is 11.5 Å². The molecule has 156 valence electrons. The van der Waals surface area contributed by atoms with Crippen LogP contribution in [0.1, 0.15) is 12.8 Å². The van der Waals surface area contributed by atoms with Gasteiger partial charge in [0.2, 0.25) is 0 Å². The number of allylic oxidation sites excluding steroid dienone is 2. The predicted molar refractivity (Wildman–Crippen MR) is 108 cm³/mol. The molecule has 28 heavy (non-hydrogen) atoms. The normalized spacial score (nSPS) is 21.9. The zero-order valence-corrected chi connectivity index (χ0v) is 16.6. The second kappa shape index (κ2) is 16.1. The summed E-state index contributed by atoms with van der Waals surface area (Å²) < 4.78 is 33.7. The first-order valence-electron chi connectivity index (χ1n) is 9.94. The van der Waals surface area contributed by atoms with Gasteiger partial charge in [-0.1, -0.05) is 36.4 Å². The first-order valence-corrected chi connectivity index (χ1v) is 9.94. The maximum Gasteiger partial charge on any atom is 0.161 e. The van der Waals surface area contributed by atoms with Crippen molar-refractivity contribution in [1.82, 2.24) is 0 Å². The Balaban J connectivity index is 1.73. The number of benzene rings is 1. The van der Waals surface area contributed by atoms with Crippen molar-refractivity contribution in [2.24, 2.45) is 0 Å². The molecular formula is C22H32O6. The number of hydrogen-bond acceptors (Lipinski definition) is 6. The summed E-state index contributed by atoms with van der Waals surface area (Å²) in [7, 11) is 0. The van der Waals surface area contributed by atoms with Gasteiger partial charge in [0, 0.05) is 0 Å². The van der Waals surface area contributed by atoms with Crippen molar-refractivity contribution in [3.05, 3.63) is 48.6 Å². The van der Waals surface area contributed by atoms with Crippen molar-refractivity contribution in [2.45, 2.75) is 12.8 Å². The molecular weight excluding hydrogens is 360 g/mol. The van der Waals surface area contributed by atoms with Crippen molar-refractivity contribution in [2.75, 3.05) is 66.1 Å². The molecule has 0 amide bonds. The Labute approximate surface area is 168 Å². The minimum Gasteiger partial charge on any atom is -0.487 e. The van der Waals surface area contributed by atoms with E-state index in [9.17, 15) is 0 Å². The van der Waals surface area contributed by atoms with Crippen molar-refractivity contribution >= 4 is 0 Å². The predicted octanol–water partition coefficient (Wildman–Crippen LogP) is 3.42. The minimum atomic E-state index is 0.462. The molecule has 0 atom stereocenters. The summed E-state index contributed by atoms with van der Waals surface area (Å²) in [6, 6.07) is 7.62. The maximum absolute atomic E-state index is 5.76. The molecule has 0 aromatic heterocycles. The van der Waals surface area contributed by atoms with Crippen LogP contribution in [-0.2, 0) is 18.9 Å². The first kappa shape index (κ1) is 22.4. The molecule has 0 radical (unpaired) electrons. The van der Waals surface area contributed by atoms with E-state index in [1.807, 2.05) is 36.4 Å². The summed E-state index contributed by atoms with van der Waals surface area (Å²) in [5.41, 5.74) is 0. The van der Waals surface area contributed by atoms with Crippen LogP contribution in [0.25, 0.3) is 0 Å². The molecule has 0 unspecified atom stereocenters. The van der Waals surface area contributed by atoms with Crippen LogP contribution in [0.2, 0.25) is 0 Å². The molecule has 0 aliphatic carbocycles. The fourth-order valence-electron chi connectivity index (χ4n) is 2.41. The summed E-state index contributed by atoms with van der Waals surface area (Å²) >= 11 is 0. The minimum absolute atomic E-state index is 0.462. The van der Waals surface area contributed by atoms with Gasteiger partial charge in [-0.2, -0.15) is 0 Å². The van der Waals surface area contributed by atoms with Crippen molar-refractivity contribution < 1.29 is 28.4 Å². The van der Waals surface area contributed by atoms with Gasteiger partial charge in [-0.25, -0.2) is 0 Å². The van der Waals surface area contributed by atoms with Gasteiger partial charge < -0.3 is 28.4 Å². The topological polar surface area (TPSA) is 55.4 Å².